The van der Waals surface area contributed by atoms with Crippen molar-refractivity contribution in [2.24, 2.45) is 17.6 Å². The summed E-state index contributed by atoms with van der Waals surface area (Å²) in [6, 6.07) is 0.502. The average molecular weight is 380 g/mol. The average Bonchev–Trinajstić information content (AvgIpc) is 2.67. The largest absolute Gasteiger partial charge is 0.327 e. The SMILES string of the molecule is CCCCCCCCCCC1CCCC(N)C1CCCCCCCCCC. The molecule has 2 N–H and O–H groups in total. The zero-order valence-corrected chi connectivity index (χ0v) is 19.2. The molecule has 0 bridgehead atoms. The Morgan fingerprint density at radius 2 is 1.00 bits per heavy atom. The number of hydrogen-bond acceptors (Lipinski definition) is 1. The first-order chi connectivity index (χ1) is 13.3. The molecule has 1 saturated carbocycles. The van der Waals surface area contributed by atoms with Crippen molar-refractivity contribution in [1.82, 2.24) is 0 Å². The maximum atomic E-state index is 6.56. The molecule has 1 aliphatic rings. The van der Waals surface area contributed by atoms with Crippen molar-refractivity contribution in [3.63, 3.8) is 0 Å². The minimum absolute atomic E-state index is 0.502. The van der Waals surface area contributed by atoms with Gasteiger partial charge in [-0.2, -0.15) is 0 Å². The molecule has 0 spiro atoms. The van der Waals surface area contributed by atoms with Crippen molar-refractivity contribution < 1.29 is 0 Å². The third-order valence-electron chi connectivity index (χ3n) is 7.09. The van der Waals surface area contributed by atoms with Gasteiger partial charge in [-0.05, 0) is 24.7 Å². The lowest BCUT2D eigenvalue weighted by atomic mass is 9.72. The van der Waals surface area contributed by atoms with E-state index in [1.54, 1.807) is 0 Å². The van der Waals surface area contributed by atoms with Crippen molar-refractivity contribution in [1.29, 1.82) is 0 Å². The number of unbranched alkanes of at least 4 members (excludes halogenated alkanes) is 14. The van der Waals surface area contributed by atoms with E-state index in [0.717, 1.165) is 11.8 Å². The number of hydrogen-bond donors (Lipinski definition) is 1. The Morgan fingerprint density at radius 1 is 0.556 bits per heavy atom. The first kappa shape index (κ1) is 25.0. The molecule has 27 heavy (non-hydrogen) atoms. The monoisotopic (exact) mass is 379 g/mol. The minimum atomic E-state index is 0.502. The molecular formula is C26H53N. The minimum Gasteiger partial charge on any atom is -0.327 e. The molecule has 1 aliphatic carbocycles. The second-order valence-corrected chi connectivity index (χ2v) is 9.55. The van der Waals surface area contributed by atoms with E-state index in [9.17, 15) is 0 Å². The van der Waals surface area contributed by atoms with Crippen LogP contribution < -0.4 is 5.73 Å². The van der Waals surface area contributed by atoms with E-state index in [2.05, 4.69) is 13.8 Å². The molecule has 0 aromatic carbocycles. The fourth-order valence-electron chi connectivity index (χ4n) is 5.26. The second-order valence-electron chi connectivity index (χ2n) is 9.55. The van der Waals surface area contributed by atoms with Crippen LogP contribution in [0.15, 0.2) is 0 Å². The van der Waals surface area contributed by atoms with Gasteiger partial charge in [0.1, 0.15) is 0 Å². The first-order valence-corrected chi connectivity index (χ1v) is 13.0. The van der Waals surface area contributed by atoms with E-state index in [1.807, 2.05) is 0 Å². The van der Waals surface area contributed by atoms with Gasteiger partial charge in [-0.1, -0.05) is 136 Å². The van der Waals surface area contributed by atoms with Crippen LogP contribution in [-0.4, -0.2) is 6.04 Å². The molecule has 0 radical (unpaired) electrons. The summed E-state index contributed by atoms with van der Waals surface area (Å²) in [5.74, 6) is 1.78. The van der Waals surface area contributed by atoms with Crippen LogP contribution in [0.2, 0.25) is 0 Å². The van der Waals surface area contributed by atoms with Crippen LogP contribution in [0.1, 0.15) is 149 Å². The van der Waals surface area contributed by atoms with Gasteiger partial charge in [0.05, 0.1) is 0 Å². The Hall–Kier alpha value is -0.0400. The molecule has 1 rings (SSSR count). The molecule has 0 heterocycles. The van der Waals surface area contributed by atoms with Crippen LogP contribution >= 0.6 is 0 Å². The zero-order valence-electron chi connectivity index (χ0n) is 19.2. The Morgan fingerprint density at radius 3 is 1.52 bits per heavy atom. The van der Waals surface area contributed by atoms with Crippen molar-refractivity contribution >= 4 is 0 Å². The lowest BCUT2D eigenvalue weighted by molar-refractivity contribution is 0.174. The normalized spacial score (nSPS) is 23.0. The zero-order chi connectivity index (χ0) is 19.6. The van der Waals surface area contributed by atoms with Gasteiger partial charge in [0.2, 0.25) is 0 Å². The van der Waals surface area contributed by atoms with Gasteiger partial charge in [0.15, 0.2) is 0 Å². The lowest BCUT2D eigenvalue weighted by Crippen LogP contribution is -2.38. The van der Waals surface area contributed by atoms with Crippen LogP contribution in [0.5, 0.6) is 0 Å². The Balaban J connectivity index is 2.09. The van der Waals surface area contributed by atoms with Crippen LogP contribution in [0.25, 0.3) is 0 Å². The summed E-state index contributed by atoms with van der Waals surface area (Å²) in [6.45, 7) is 4.61. The highest BCUT2D eigenvalue weighted by atomic mass is 14.7. The lowest BCUT2D eigenvalue weighted by Gasteiger charge is -2.37. The van der Waals surface area contributed by atoms with Gasteiger partial charge in [0.25, 0.3) is 0 Å². The van der Waals surface area contributed by atoms with E-state index < -0.39 is 0 Å². The second kappa shape index (κ2) is 18.0. The Bertz CT molecular complexity index is 301. The Kier molecular flexibility index (Phi) is 16.7. The molecule has 1 fully saturated rings. The molecule has 0 aromatic heterocycles. The van der Waals surface area contributed by atoms with E-state index in [0.29, 0.717) is 6.04 Å². The van der Waals surface area contributed by atoms with E-state index >= 15 is 0 Å². The fraction of sp³-hybridized carbons (Fsp3) is 1.00. The highest BCUT2D eigenvalue weighted by Crippen LogP contribution is 2.36. The predicted molar refractivity (Wildman–Crippen MR) is 123 cm³/mol. The smallest absolute Gasteiger partial charge is 0.00698 e. The van der Waals surface area contributed by atoms with E-state index in [4.69, 9.17) is 5.73 Å². The molecule has 0 aliphatic heterocycles. The summed E-state index contributed by atoms with van der Waals surface area (Å²) in [5, 5.41) is 0. The standard InChI is InChI=1S/C26H53N/c1-3-5-7-9-11-13-15-17-20-24-21-19-23-26(27)25(24)22-18-16-14-12-10-8-6-4-2/h24-26H,3-23,27H2,1-2H3. The van der Waals surface area contributed by atoms with Gasteiger partial charge in [-0.25, -0.2) is 0 Å². The van der Waals surface area contributed by atoms with Crippen LogP contribution in [0, 0.1) is 11.8 Å². The molecule has 3 unspecified atom stereocenters. The third-order valence-corrected chi connectivity index (χ3v) is 7.09. The van der Waals surface area contributed by atoms with E-state index in [-0.39, 0.29) is 0 Å². The molecule has 1 heteroatoms. The summed E-state index contributed by atoms with van der Waals surface area (Å²) in [6.07, 6.45) is 30.0. The van der Waals surface area contributed by atoms with Gasteiger partial charge >= 0.3 is 0 Å². The van der Waals surface area contributed by atoms with Crippen LogP contribution in [-0.2, 0) is 0 Å². The molecule has 0 aromatic rings. The summed E-state index contributed by atoms with van der Waals surface area (Å²) < 4.78 is 0. The van der Waals surface area contributed by atoms with Gasteiger partial charge in [-0.15, -0.1) is 0 Å². The van der Waals surface area contributed by atoms with Crippen LogP contribution in [0.4, 0.5) is 0 Å². The van der Waals surface area contributed by atoms with Gasteiger partial charge in [-0.3, -0.25) is 0 Å². The molecule has 0 saturated heterocycles. The number of nitrogens with two attached hydrogens (primary N) is 1. The quantitative estimate of drug-likeness (QED) is 0.236. The fourth-order valence-corrected chi connectivity index (χ4v) is 5.26. The maximum Gasteiger partial charge on any atom is 0.00698 e. The third kappa shape index (κ3) is 12.9. The highest BCUT2D eigenvalue weighted by Gasteiger charge is 2.29. The Labute approximate surface area is 172 Å². The number of rotatable bonds is 18. The van der Waals surface area contributed by atoms with E-state index in [1.165, 1.54) is 135 Å². The molecular weight excluding hydrogens is 326 g/mol. The predicted octanol–water partition coefficient (Wildman–Crippen LogP) is 8.79. The maximum absolute atomic E-state index is 6.56. The van der Waals surface area contributed by atoms with Crippen LogP contribution in [0.3, 0.4) is 0 Å². The molecule has 3 atom stereocenters. The van der Waals surface area contributed by atoms with Gasteiger partial charge < -0.3 is 5.73 Å². The van der Waals surface area contributed by atoms with Crippen molar-refractivity contribution in [3.8, 4) is 0 Å². The topological polar surface area (TPSA) is 26.0 Å². The summed E-state index contributed by atoms with van der Waals surface area (Å²) in [5.41, 5.74) is 6.56. The van der Waals surface area contributed by atoms with Crippen molar-refractivity contribution in [2.45, 2.75) is 155 Å². The van der Waals surface area contributed by atoms with Crippen molar-refractivity contribution in [2.75, 3.05) is 0 Å². The molecule has 0 amide bonds. The van der Waals surface area contributed by atoms with Crippen molar-refractivity contribution in [3.05, 3.63) is 0 Å². The summed E-state index contributed by atoms with van der Waals surface area (Å²) >= 11 is 0. The molecule has 1 nitrogen and oxygen atoms in total. The summed E-state index contributed by atoms with van der Waals surface area (Å²) in [7, 11) is 0. The van der Waals surface area contributed by atoms with Gasteiger partial charge in [0, 0.05) is 6.04 Å². The highest BCUT2D eigenvalue weighted by molar-refractivity contribution is 4.84. The first-order valence-electron chi connectivity index (χ1n) is 13.0. The molecule has 162 valence electrons. The summed E-state index contributed by atoms with van der Waals surface area (Å²) in [4.78, 5) is 0.